The molecule has 0 heterocycles. The molecule has 0 aliphatic carbocycles. The van der Waals surface area contributed by atoms with Gasteiger partial charge in [0, 0.05) is 10.3 Å². The van der Waals surface area contributed by atoms with E-state index in [1.54, 1.807) is 6.92 Å². The summed E-state index contributed by atoms with van der Waals surface area (Å²) in [5.74, 6) is 0. The van der Waals surface area contributed by atoms with Crippen molar-refractivity contribution < 1.29 is 9.09 Å². The lowest BCUT2D eigenvalue weighted by Crippen LogP contribution is -2.26. The molecule has 4 nitrogen and oxygen atoms in total. The molecule has 0 radical (unpaired) electrons. The van der Waals surface area contributed by atoms with E-state index in [0.29, 0.717) is 27.4 Å². The lowest BCUT2D eigenvalue weighted by atomic mass is 10.3. The van der Waals surface area contributed by atoms with E-state index in [1.165, 1.54) is 23.5 Å². The van der Waals surface area contributed by atoms with Crippen LogP contribution in [0.4, 0.5) is 5.69 Å². The third-order valence-electron chi connectivity index (χ3n) is 2.68. The molecule has 10 heteroatoms. The second-order valence-corrected chi connectivity index (χ2v) is 10.8. The van der Waals surface area contributed by atoms with Gasteiger partial charge in [-0.05, 0) is 49.1 Å². The van der Waals surface area contributed by atoms with Gasteiger partial charge in [-0.2, -0.15) is 0 Å². The van der Waals surface area contributed by atoms with Gasteiger partial charge in [-0.15, -0.1) is 0 Å². The van der Waals surface area contributed by atoms with E-state index in [4.69, 9.17) is 51.5 Å². The van der Waals surface area contributed by atoms with Crippen LogP contribution in [-0.2, 0) is 9.09 Å². The number of hydrogen-bond acceptors (Lipinski definition) is 4. The normalized spacial score (nSPS) is 14.9. The molecule has 0 aliphatic rings. The van der Waals surface area contributed by atoms with Gasteiger partial charge in [-0.1, -0.05) is 48.7 Å². The predicted octanol–water partition coefficient (Wildman–Crippen LogP) is 6.61. The van der Waals surface area contributed by atoms with Crippen molar-refractivity contribution in [2.45, 2.75) is 32.4 Å². The molecule has 1 rings (SSSR count). The Morgan fingerprint density at radius 2 is 1.91 bits per heavy atom. The minimum atomic E-state index is -3.17. The van der Waals surface area contributed by atoms with Crippen molar-refractivity contribution in [1.82, 2.24) is 5.09 Å². The summed E-state index contributed by atoms with van der Waals surface area (Å²) in [5, 5.41) is 6.90. The highest BCUT2D eigenvalue weighted by molar-refractivity contribution is 8.56. The molecule has 0 saturated heterocycles. The monoisotopic (exact) mass is 434 g/mol. The standard InChI is InChI=1S/C13H18Cl3N2O2PS2/c1-4-8(3)23-21(19,20-5-2)18-13(22)17-12-10(15)6-9(14)7-11(12)16/h6-8H,4-5H2,1-3H3,(H2,17,18,19,22). The average Bonchev–Trinajstić information content (AvgIpc) is 2.42. The highest BCUT2D eigenvalue weighted by Gasteiger charge is 2.27. The van der Waals surface area contributed by atoms with Gasteiger partial charge in [0.1, 0.15) is 0 Å². The van der Waals surface area contributed by atoms with Crippen molar-refractivity contribution in [1.29, 1.82) is 0 Å². The summed E-state index contributed by atoms with van der Waals surface area (Å²) in [4.78, 5) is 0. The molecule has 0 spiro atoms. The topological polar surface area (TPSA) is 50.4 Å². The largest absolute Gasteiger partial charge is 0.353 e. The van der Waals surface area contributed by atoms with E-state index < -0.39 is 6.72 Å². The van der Waals surface area contributed by atoms with Crippen molar-refractivity contribution in [3.63, 3.8) is 0 Å². The van der Waals surface area contributed by atoms with Crippen LogP contribution >= 0.6 is 65.1 Å². The van der Waals surface area contributed by atoms with Gasteiger partial charge >= 0.3 is 6.72 Å². The molecule has 0 fully saturated rings. The zero-order valence-corrected chi connectivity index (χ0v) is 17.7. The zero-order chi connectivity index (χ0) is 17.6. The molecule has 0 saturated carbocycles. The highest BCUT2D eigenvalue weighted by atomic mass is 35.5. The third-order valence-corrected chi connectivity index (χ3v) is 8.42. The highest BCUT2D eigenvalue weighted by Crippen LogP contribution is 2.58. The van der Waals surface area contributed by atoms with E-state index in [-0.39, 0.29) is 10.4 Å². The first-order valence-electron chi connectivity index (χ1n) is 6.87. The van der Waals surface area contributed by atoms with E-state index >= 15 is 0 Å². The molecular weight excluding hydrogens is 418 g/mol. The molecule has 0 bridgehead atoms. The lowest BCUT2D eigenvalue weighted by molar-refractivity contribution is 0.343. The zero-order valence-electron chi connectivity index (χ0n) is 12.9. The molecule has 23 heavy (non-hydrogen) atoms. The molecule has 2 unspecified atom stereocenters. The SMILES string of the molecule is CCOP(=O)(NC(=S)Nc1c(Cl)cc(Cl)cc1Cl)SC(C)CC. The Bertz CT molecular complexity index is 596. The van der Waals surface area contributed by atoms with E-state index in [1.807, 2.05) is 13.8 Å². The third kappa shape index (κ3) is 6.99. The van der Waals surface area contributed by atoms with E-state index in [9.17, 15) is 4.57 Å². The number of rotatable bonds is 7. The summed E-state index contributed by atoms with van der Waals surface area (Å²) in [6.07, 6.45) is 0.860. The number of thiocarbonyl (C=S) groups is 1. The van der Waals surface area contributed by atoms with Crippen molar-refractivity contribution >= 4 is 75.9 Å². The van der Waals surface area contributed by atoms with E-state index in [2.05, 4.69) is 10.4 Å². The predicted molar refractivity (Wildman–Crippen MR) is 107 cm³/mol. The average molecular weight is 436 g/mol. The second kappa shape index (κ2) is 9.71. The minimum Gasteiger partial charge on any atom is -0.330 e. The summed E-state index contributed by atoms with van der Waals surface area (Å²) in [6.45, 7) is 2.89. The first-order valence-corrected chi connectivity index (χ1v) is 11.5. The van der Waals surface area contributed by atoms with Crippen LogP contribution in [0.15, 0.2) is 12.1 Å². The van der Waals surface area contributed by atoms with Gasteiger partial charge in [-0.25, -0.2) is 0 Å². The Morgan fingerprint density at radius 3 is 2.39 bits per heavy atom. The number of nitrogens with one attached hydrogen (secondary N) is 2. The molecule has 1 aromatic rings. The van der Waals surface area contributed by atoms with Crippen LogP contribution in [0.2, 0.25) is 15.1 Å². The lowest BCUT2D eigenvalue weighted by Gasteiger charge is -2.22. The minimum absolute atomic E-state index is 0.115. The Balaban J connectivity index is 2.86. The van der Waals surface area contributed by atoms with Crippen molar-refractivity contribution in [3.05, 3.63) is 27.2 Å². The van der Waals surface area contributed by atoms with Crippen LogP contribution in [0.5, 0.6) is 0 Å². The Kier molecular flexibility index (Phi) is 9.02. The molecule has 2 N–H and O–H groups in total. The van der Waals surface area contributed by atoms with Crippen LogP contribution < -0.4 is 10.4 Å². The summed E-state index contributed by atoms with van der Waals surface area (Å²) in [5.41, 5.74) is 0.395. The van der Waals surface area contributed by atoms with Crippen LogP contribution in [0.25, 0.3) is 0 Å². The fourth-order valence-electron chi connectivity index (χ4n) is 1.50. The first kappa shape index (κ1) is 21.4. The number of anilines is 1. The molecule has 0 aliphatic heterocycles. The second-order valence-electron chi connectivity index (χ2n) is 4.55. The molecule has 130 valence electrons. The van der Waals surface area contributed by atoms with Gasteiger partial charge in [0.05, 0.1) is 22.3 Å². The number of benzene rings is 1. The molecule has 0 aromatic heterocycles. The quantitative estimate of drug-likeness (QED) is 0.371. The van der Waals surface area contributed by atoms with Gasteiger partial charge in [0.15, 0.2) is 5.11 Å². The first-order chi connectivity index (χ1) is 10.7. The molecule has 0 amide bonds. The van der Waals surface area contributed by atoms with Crippen LogP contribution in [-0.4, -0.2) is 17.0 Å². The van der Waals surface area contributed by atoms with Crippen LogP contribution in [0.1, 0.15) is 27.2 Å². The molecule has 2 atom stereocenters. The summed E-state index contributed by atoms with van der Waals surface area (Å²) in [6, 6.07) is 3.08. The number of halogens is 3. The Hall–Kier alpha value is 0.320. The summed E-state index contributed by atoms with van der Waals surface area (Å²) in [7, 11) is 0. The molecular formula is C13H18Cl3N2O2PS2. The smallest absolute Gasteiger partial charge is 0.330 e. The van der Waals surface area contributed by atoms with Crippen molar-refractivity contribution in [2.75, 3.05) is 11.9 Å². The fourth-order valence-corrected chi connectivity index (χ4v) is 7.29. The molecule has 1 aromatic carbocycles. The maximum absolute atomic E-state index is 12.8. The van der Waals surface area contributed by atoms with Gasteiger partial charge in [0.25, 0.3) is 0 Å². The van der Waals surface area contributed by atoms with Crippen molar-refractivity contribution in [2.24, 2.45) is 0 Å². The van der Waals surface area contributed by atoms with Gasteiger partial charge < -0.3 is 9.84 Å². The Morgan fingerprint density at radius 1 is 1.35 bits per heavy atom. The van der Waals surface area contributed by atoms with Gasteiger partial charge in [-0.3, -0.25) is 9.65 Å². The maximum Gasteiger partial charge on any atom is 0.353 e. The van der Waals surface area contributed by atoms with E-state index in [0.717, 1.165) is 6.42 Å². The van der Waals surface area contributed by atoms with Crippen molar-refractivity contribution in [3.8, 4) is 0 Å². The maximum atomic E-state index is 12.8. The summed E-state index contributed by atoms with van der Waals surface area (Å²) < 4.78 is 18.2. The fraction of sp³-hybridized carbons (Fsp3) is 0.462. The summed E-state index contributed by atoms with van der Waals surface area (Å²) >= 11 is 24.5. The van der Waals surface area contributed by atoms with Crippen LogP contribution in [0.3, 0.4) is 0 Å². The number of hydrogen-bond donors (Lipinski definition) is 2. The van der Waals surface area contributed by atoms with Crippen LogP contribution in [0, 0.1) is 0 Å². The Labute approximate surface area is 161 Å². The van der Waals surface area contributed by atoms with Gasteiger partial charge in [0.2, 0.25) is 0 Å².